The molecule has 204 valence electrons. The molecule has 1 aliphatic carbocycles. The van der Waals surface area contributed by atoms with Gasteiger partial charge in [0, 0.05) is 29.8 Å². The lowest BCUT2D eigenvalue weighted by Crippen LogP contribution is -2.53. The second-order valence-electron chi connectivity index (χ2n) is 9.51. The first-order valence-electron chi connectivity index (χ1n) is 11.8. The molecule has 9 nitrogen and oxygen atoms in total. The van der Waals surface area contributed by atoms with E-state index in [-0.39, 0.29) is 40.4 Å². The summed E-state index contributed by atoms with van der Waals surface area (Å²) in [5.41, 5.74) is -1.73. The second kappa shape index (κ2) is 10.6. The fourth-order valence-electron chi connectivity index (χ4n) is 5.11. The van der Waals surface area contributed by atoms with E-state index in [9.17, 15) is 31.5 Å². The number of rotatable bonds is 7. The normalized spacial score (nSPS) is 23.8. The third-order valence-corrected chi connectivity index (χ3v) is 9.89. The van der Waals surface area contributed by atoms with E-state index in [2.05, 4.69) is 25.9 Å². The van der Waals surface area contributed by atoms with E-state index < -0.39 is 55.9 Å². The monoisotopic (exact) mass is 571 g/mol. The van der Waals surface area contributed by atoms with Crippen molar-refractivity contribution in [1.29, 1.82) is 0 Å². The number of hydrogen-bond donors (Lipinski definition) is 3. The fraction of sp³-hybridized carbons (Fsp3) is 0.417. The maximum atomic E-state index is 13.7. The van der Waals surface area contributed by atoms with Crippen LogP contribution in [0.15, 0.2) is 35.2 Å². The van der Waals surface area contributed by atoms with Crippen molar-refractivity contribution in [3.05, 3.63) is 64.2 Å². The number of sulfone groups is 1. The molecule has 0 spiro atoms. The summed E-state index contributed by atoms with van der Waals surface area (Å²) in [5.74, 6) is -5.99. The van der Waals surface area contributed by atoms with E-state index in [0.717, 1.165) is 6.07 Å². The first-order valence-corrected chi connectivity index (χ1v) is 13.7. The van der Waals surface area contributed by atoms with E-state index in [1.807, 2.05) is 6.92 Å². The molecule has 4 atom stereocenters. The van der Waals surface area contributed by atoms with E-state index >= 15 is 0 Å². The van der Waals surface area contributed by atoms with Gasteiger partial charge in [0.15, 0.2) is 33.1 Å². The van der Waals surface area contributed by atoms with Crippen molar-refractivity contribution in [2.45, 2.75) is 55.3 Å². The molecule has 0 saturated heterocycles. The minimum atomic E-state index is -4.07. The van der Waals surface area contributed by atoms with E-state index in [1.165, 1.54) is 12.1 Å². The average molecular weight is 572 g/mol. The van der Waals surface area contributed by atoms with Gasteiger partial charge >= 0.3 is 0 Å². The molecule has 3 aromatic rings. The van der Waals surface area contributed by atoms with Crippen molar-refractivity contribution in [2.24, 2.45) is 11.8 Å². The van der Waals surface area contributed by atoms with Crippen molar-refractivity contribution in [1.82, 2.24) is 20.6 Å². The first-order chi connectivity index (χ1) is 17.9. The van der Waals surface area contributed by atoms with Crippen molar-refractivity contribution >= 4 is 33.0 Å². The Morgan fingerprint density at radius 1 is 1.21 bits per heavy atom. The summed E-state index contributed by atoms with van der Waals surface area (Å²) in [6, 6.07) is 4.81. The number of nitrogens with one attached hydrogen (secondary N) is 2. The summed E-state index contributed by atoms with van der Waals surface area (Å²) in [6.07, 6.45) is 0.892. The van der Waals surface area contributed by atoms with Gasteiger partial charge in [-0.3, -0.25) is 4.79 Å². The Bertz CT molecular complexity index is 1430. The first kappa shape index (κ1) is 28.0. The zero-order valence-corrected chi connectivity index (χ0v) is 22.0. The summed E-state index contributed by atoms with van der Waals surface area (Å²) in [7, 11) is -4.07. The smallest absolute Gasteiger partial charge is 0.255 e. The maximum absolute atomic E-state index is 13.7. The predicted octanol–water partition coefficient (Wildman–Crippen LogP) is 4.09. The van der Waals surface area contributed by atoms with Crippen LogP contribution in [0.3, 0.4) is 0 Å². The molecule has 14 heteroatoms. The number of hydrogen-bond acceptors (Lipinski definition) is 7. The van der Waals surface area contributed by atoms with Crippen LogP contribution < -0.4 is 5.32 Å². The van der Waals surface area contributed by atoms with Gasteiger partial charge < -0.3 is 10.4 Å². The topological polar surface area (TPSA) is 138 Å². The number of anilines is 1. The highest BCUT2D eigenvalue weighted by molar-refractivity contribution is 7.92. The number of aliphatic hydroxyl groups is 1. The average Bonchev–Trinajstić information content (AvgIpc) is 3.36. The molecule has 1 amide bonds. The Morgan fingerprint density at radius 2 is 1.89 bits per heavy atom. The highest BCUT2D eigenvalue weighted by Gasteiger charge is 2.50. The molecule has 0 aliphatic heterocycles. The lowest BCUT2D eigenvalue weighted by molar-refractivity contribution is -0.0894. The number of benzene rings is 2. The van der Waals surface area contributed by atoms with Crippen LogP contribution in [0.4, 0.5) is 18.9 Å². The molecule has 2 aromatic carbocycles. The quantitative estimate of drug-likeness (QED) is 0.363. The minimum Gasteiger partial charge on any atom is -0.389 e. The SMILES string of the molecule is CCC1C[C@@H](S(=O)(=O)c2cc(C(=O)Nc3cc(F)c(F)c(F)c3)ccc2Cl)C[C@H](C)[C@@]1(O)Cc1nnn[nH]1. The Morgan fingerprint density at radius 3 is 2.50 bits per heavy atom. The number of aromatic nitrogens is 4. The Kier molecular flexibility index (Phi) is 7.82. The summed E-state index contributed by atoms with van der Waals surface area (Å²) in [5, 5.41) is 26.3. The van der Waals surface area contributed by atoms with E-state index in [1.54, 1.807) is 6.92 Å². The molecule has 1 fully saturated rings. The molecule has 1 aliphatic rings. The lowest BCUT2D eigenvalue weighted by Gasteiger charge is -2.46. The summed E-state index contributed by atoms with van der Waals surface area (Å²) >= 11 is 6.25. The van der Waals surface area contributed by atoms with Crippen molar-refractivity contribution in [3.63, 3.8) is 0 Å². The van der Waals surface area contributed by atoms with Gasteiger partial charge in [-0.05, 0) is 53.3 Å². The maximum Gasteiger partial charge on any atom is 0.255 e. The Hall–Kier alpha value is -3.03. The van der Waals surface area contributed by atoms with Crippen LogP contribution in [-0.2, 0) is 16.3 Å². The number of aromatic amines is 1. The highest BCUT2D eigenvalue weighted by atomic mass is 35.5. The zero-order valence-electron chi connectivity index (χ0n) is 20.4. The molecule has 0 radical (unpaired) electrons. The number of carbonyl (C=O) groups is 1. The number of amides is 1. The number of nitrogens with zero attached hydrogens (tertiary/aromatic N) is 3. The Labute approximate surface area is 221 Å². The van der Waals surface area contributed by atoms with Gasteiger partial charge in [-0.2, -0.15) is 0 Å². The number of H-pyrrole nitrogens is 1. The van der Waals surface area contributed by atoms with Crippen LogP contribution in [0, 0.1) is 29.3 Å². The molecule has 1 aromatic heterocycles. The summed E-state index contributed by atoms with van der Waals surface area (Å²) in [4.78, 5) is 12.5. The largest absolute Gasteiger partial charge is 0.389 e. The summed E-state index contributed by atoms with van der Waals surface area (Å²) < 4.78 is 67.7. The van der Waals surface area contributed by atoms with Gasteiger partial charge in [-0.25, -0.2) is 26.7 Å². The predicted molar refractivity (Wildman–Crippen MR) is 132 cm³/mol. The van der Waals surface area contributed by atoms with Crippen LogP contribution in [0.1, 0.15) is 49.3 Å². The van der Waals surface area contributed by atoms with Gasteiger partial charge in [0.05, 0.1) is 20.8 Å². The third kappa shape index (κ3) is 5.27. The Balaban J connectivity index is 1.60. The molecule has 1 saturated carbocycles. The van der Waals surface area contributed by atoms with Gasteiger partial charge in [0.2, 0.25) is 0 Å². The van der Waals surface area contributed by atoms with Gasteiger partial charge in [0.25, 0.3) is 5.91 Å². The van der Waals surface area contributed by atoms with Gasteiger partial charge in [-0.1, -0.05) is 31.9 Å². The number of halogens is 4. The lowest BCUT2D eigenvalue weighted by atomic mass is 9.66. The molecule has 0 bridgehead atoms. The van der Waals surface area contributed by atoms with Crippen LogP contribution >= 0.6 is 11.6 Å². The standard InChI is InChI=1S/C24H25ClF3N5O4S/c1-3-14-8-16(6-12(2)24(14,35)11-21-30-32-33-31-21)38(36,37)20-7-13(4-5-17(20)25)23(34)29-15-9-18(26)22(28)19(27)10-15/h4-5,7,9-10,12,14,16,35H,3,6,8,11H2,1-2H3,(H,29,34)(H,30,31,32,33)/t12-,14?,16-,24-/m0/s1. The third-order valence-electron chi connectivity index (χ3n) is 7.24. The molecular formula is C24H25ClF3N5O4S. The zero-order chi connectivity index (χ0) is 27.8. The molecule has 1 unspecified atom stereocenters. The second-order valence-corrected chi connectivity index (χ2v) is 12.1. The number of carbonyl (C=O) groups excluding carboxylic acids is 1. The van der Waals surface area contributed by atoms with Crippen molar-refractivity contribution in [2.75, 3.05) is 5.32 Å². The number of tetrazole rings is 1. The highest BCUT2D eigenvalue weighted by Crippen LogP contribution is 2.45. The molecule has 3 N–H and O–H groups in total. The van der Waals surface area contributed by atoms with Gasteiger partial charge in [-0.15, -0.1) is 5.10 Å². The minimum absolute atomic E-state index is 0.102. The summed E-state index contributed by atoms with van der Waals surface area (Å²) in [6.45, 7) is 3.62. The van der Waals surface area contributed by atoms with Crippen molar-refractivity contribution < 1.29 is 31.5 Å². The molecule has 4 rings (SSSR count). The molecule has 38 heavy (non-hydrogen) atoms. The van der Waals surface area contributed by atoms with Gasteiger partial charge in [0.1, 0.15) is 0 Å². The van der Waals surface area contributed by atoms with Crippen LogP contribution in [0.2, 0.25) is 5.02 Å². The van der Waals surface area contributed by atoms with E-state index in [4.69, 9.17) is 11.6 Å². The fourth-order valence-corrected chi connectivity index (χ4v) is 7.56. The van der Waals surface area contributed by atoms with Crippen LogP contribution in [-0.4, -0.2) is 50.9 Å². The van der Waals surface area contributed by atoms with E-state index in [0.29, 0.717) is 24.4 Å². The van der Waals surface area contributed by atoms with Crippen LogP contribution in [0.5, 0.6) is 0 Å². The van der Waals surface area contributed by atoms with Crippen LogP contribution in [0.25, 0.3) is 0 Å². The molecule has 1 heterocycles. The van der Waals surface area contributed by atoms with Crippen molar-refractivity contribution in [3.8, 4) is 0 Å². The molecular weight excluding hydrogens is 547 g/mol.